The maximum absolute atomic E-state index is 12.8. The molecule has 4 rings (SSSR count). The number of thiophene rings is 1. The van der Waals surface area contributed by atoms with Gasteiger partial charge < -0.3 is 15.0 Å². The monoisotopic (exact) mass is 488 g/mol. The average molecular weight is 489 g/mol. The van der Waals surface area contributed by atoms with Crippen LogP contribution in [0.3, 0.4) is 0 Å². The van der Waals surface area contributed by atoms with E-state index in [0.29, 0.717) is 42.9 Å². The van der Waals surface area contributed by atoms with E-state index in [1.54, 1.807) is 19.5 Å². The van der Waals surface area contributed by atoms with Crippen LogP contribution in [0, 0.1) is 11.3 Å². The summed E-state index contributed by atoms with van der Waals surface area (Å²) >= 11 is 1.40. The Morgan fingerprint density at radius 1 is 1.26 bits per heavy atom. The second-order valence-electron chi connectivity index (χ2n) is 8.64. The number of nitriles is 1. The molecule has 0 saturated carbocycles. The Balaban J connectivity index is 1.40. The van der Waals surface area contributed by atoms with Crippen molar-refractivity contribution in [3.05, 3.63) is 75.9 Å². The van der Waals surface area contributed by atoms with E-state index >= 15 is 0 Å². The van der Waals surface area contributed by atoms with Gasteiger partial charge in [-0.05, 0) is 53.6 Å². The summed E-state index contributed by atoms with van der Waals surface area (Å²) in [6, 6.07) is 13.8. The number of pyridine rings is 1. The molecule has 0 saturated heterocycles. The molecular formula is C27H28N4O3S. The number of hydrogen-bond donors (Lipinski definition) is 1. The molecule has 1 aliphatic heterocycles. The summed E-state index contributed by atoms with van der Waals surface area (Å²) in [5, 5.41) is 13.3. The fourth-order valence-corrected chi connectivity index (χ4v) is 5.65. The Morgan fingerprint density at radius 3 is 2.77 bits per heavy atom. The first-order valence-corrected chi connectivity index (χ1v) is 12.5. The molecule has 0 fully saturated rings. The van der Waals surface area contributed by atoms with E-state index < -0.39 is 0 Å². The summed E-state index contributed by atoms with van der Waals surface area (Å²) in [7, 11) is 1.62. The largest absolute Gasteiger partial charge is 0.496 e. The molecule has 7 nitrogen and oxygen atoms in total. The number of amides is 2. The molecule has 0 bridgehead atoms. The number of ether oxygens (including phenoxy) is 1. The number of aromatic nitrogens is 1. The number of anilines is 1. The van der Waals surface area contributed by atoms with Gasteiger partial charge in [0.2, 0.25) is 11.8 Å². The fraction of sp³-hybridized carbons (Fsp3) is 0.333. The smallest absolute Gasteiger partial charge is 0.225 e. The van der Waals surface area contributed by atoms with Gasteiger partial charge in [0, 0.05) is 36.7 Å². The van der Waals surface area contributed by atoms with Crippen molar-refractivity contribution in [3.63, 3.8) is 0 Å². The van der Waals surface area contributed by atoms with Gasteiger partial charge in [-0.2, -0.15) is 5.26 Å². The first-order valence-electron chi connectivity index (χ1n) is 11.6. The molecule has 0 radical (unpaired) electrons. The standard InChI is InChI=1S/C27H28N4O3S/c1-18(20-5-3-4-6-23(20)34-2)15-25(32)30-27-22(16-28)21-11-14-31(17-24(21)35-27)26(33)8-7-19-9-12-29-13-10-19/h3-6,9-10,12-13,18H,7-8,11,14-15,17H2,1-2H3,(H,30,32). The molecule has 1 atom stereocenters. The van der Waals surface area contributed by atoms with Gasteiger partial charge in [-0.3, -0.25) is 14.6 Å². The molecular weight excluding hydrogens is 460 g/mol. The van der Waals surface area contributed by atoms with E-state index in [2.05, 4.69) is 16.4 Å². The molecule has 3 aromatic rings. The number of nitrogens with zero attached hydrogens (tertiary/aromatic N) is 3. The normalized spacial score (nSPS) is 13.5. The van der Waals surface area contributed by atoms with Crippen LogP contribution in [0.15, 0.2) is 48.8 Å². The first kappa shape index (κ1) is 24.4. The molecule has 2 aromatic heterocycles. The molecule has 1 aromatic carbocycles. The Hall–Kier alpha value is -3.70. The maximum atomic E-state index is 12.8. The lowest BCUT2D eigenvalue weighted by molar-refractivity contribution is -0.132. The Kier molecular flexibility index (Phi) is 7.78. The van der Waals surface area contributed by atoms with Crippen molar-refractivity contribution in [2.75, 3.05) is 19.0 Å². The minimum atomic E-state index is -0.149. The van der Waals surface area contributed by atoms with Crippen LogP contribution in [0.1, 0.15) is 52.8 Å². The quantitative estimate of drug-likeness (QED) is 0.497. The van der Waals surface area contributed by atoms with Gasteiger partial charge in [-0.15, -0.1) is 11.3 Å². The van der Waals surface area contributed by atoms with Crippen LogP contribution < -0.4 is 10.1 Å². The van der Waals surface area contributed by atoms with E-state index in [1.807, 2.05) is 48.2 Å². The van der Waals surface area contributed by atoms with Crippen LogP contribution in [0.4, 0.5) is 5.00 Å². The SMILES string of the molecule is COc1ccccc1C(C)CC(=O)Nc1sc2c(c1C#N)CCN(C(=O)CCc1ccncc1)C2. The third-order valence-corrected chi connectivity index (χ3v) is 7.44. The Morgan fingerprint density at radius 2 is 2.03 bits per heavy atom. The first-order chi connectivity index (χ1) is 17.0. The van der Waals surface area contributed by atoms with Gasteiger partial charge in [0.1, 0.15) is 16.8 Å². The highest BCUT2D eigenvalue weighted by molar-refractivity contribution is 7.16. The molecule has 180 valence electrons. The van der Waals surface area contributed by atoms with Gasteiger partial charge in [0.25, 0.3) is 0 Å². The number of fused-ring (bicyclic) bond motifs is 1. The Bertz CT molecular complexity index is 1250. The second kappa shape index (κ2) is 11.2. The fourth-order valence-electron chi connectivity index (χ4n) is 4.42. The number of benzene rings is 1. The molecule has 1 aliphatic rings. The average Bonchev–Trinajstić information content (AvgIpc) is 3.23. The van der Waals surface area contributed by atoms with Gasteiger partial charge in [-0.25, -0.2) is 0 Å². The van der Waals surface area contributed by atoms with Crippen LogP contribution in [-0.4, -0.2) is 35.4 Å². The third kappa shape index (κ3) is 5.69. The Labute approximate surface area is 209 Å². The molecule has 8 heteroatoms. The highest BCUT2D eigenvalue weighted by Gasteiger charge is 2.27. The molecule has 2 amide bonds. The minimum Gasteiger partial charge on any atom is -0.496 e. The van der Waals surface area contributed by atoms with Crippen LogP contribution >= 0.6 is 11.3 Å². The van der Waals surface area contributed by atoms with E-state index in [1.165, 1.54) is 11.3 Å². The van der Waals surface area contributed by atoms with Crippen LogP contribution in [-0.2, 0) is 29.0 Å². The van der Waals surface area contributed by atoms with E-state index in [9.17, 15) is 14.9 Å². The summed E-state index contributed by atoms with van der Waals surface area (Å²) in [5.41, 5.74) is 3.52. The number of carbonyl (C=O) groups is 2. The number of para-hydroxylation sites is 1. The third-order valence-electron chi connectivity index (χ3n) is 6.31. The lowest BCUT2D eigenvalue weighted by Gasteiger charge is -2.27. The maximum Gasteiger partial charge on any atom is 0.225 e. The van der Waals surface area contributed by atoms with Gasteiger partial charge in [0.05, 0.1) is 19.2 Å². The lowest BCUT2D eigenvalue weighted by Crippen LogP contribution is -2.35. The van der Waals surface area contributed by atoms with Gasteiger partial charge in [-0.1, -0.05) is 25.1 Å². The van der Waals surface area contributed by atoms with Crippen LogP contribution in [0.2, 0.25) is 0 Å². The summed E-state index contributed by atoms with van der Waals surface area (Å²) in [5.74, 6) is 0.657. The highest BCUT2D eigenvalue weighted by Crippen LogP contribution is 2.37. The zero-order valence-electron chi connectivity index (χ0n) is 19.9. The molecule has 0 spiro atoms. The summed E-state index contributed by atoms with van der Waals surface area (Å²) in [6.45, 7) is 3.03. The van der Waals surface area contributed by atoms with Crippen molar-refractivity contribution in [1.82, 2.24) is 9.88 Å². The number of hydrogen-bond acceptors (Lipinski definition) is 6. The molecule has 1 N–H and O–H groups in total. The summed E-state index contributed by atoms with van der Waals surface area (Å²) in [6.07, 6.45) is 5.45. The predicted octanol–water partition coefficient (Wildman–Crippen LogP) is 4.67. The van der Waals surface area contributed by atoms with Crippen molar-refractivity contribution in [2.45, 2.75) is 45.1 Å². The van der Waals surface area contributed by atoms with Crippen molar-refractivity contribution >= 4 is 28.2 Å². The minimum absolute atomic E-state index is 0.0419. The highest BCUT2D eigenvalue weighted by atomic mass is 32.1. The predicted molar refractivity (Wildman–Crippen MR) is 135 cm³/mol. The number of carbonyl (C=O) groups excluding carboxylic acids is 2. The zero-order valence-corrected chi connectivity index (χ0v) is 20.7. The zero-order chi connectivity index (χ0) is 24.8. The van der Waals surface area contributed by atoms with Crippen molar-refractivity contribution in [1.29, 1.82) is 5.26 Å². The summed E-state index contributed by atoms with van der Waals surface area (Å²) < 4.78 is 5.42. The van der Waals surface area contributed by atoms with E-state index in [4.69, 9.17) is 4.74 Å². The number of rotatable bonds is 8. The molecule has 0 aliphatic carbocycles. The lowest BCUT2D eigenvalue weighted by atomic mass is 9.96. The number of aryl methyl sites for hydroxylation is 1. The van der Waals surface area contributed by atoms with Gasteiger partial charge in [0.15, 0.2) is 0 Å². The van der Waals surface area contributed by atoms with Crippen molar-refractivity contribution in [3.8, 4) is 11.8 Å². The second-order valence-corrected chi connectivity index (χ2v) is 9.74. The summed E-state index contributed by atoms with van der Waals surface area (Å²) in [4.78, 5) is 32.5. The molecule has 35 heavy (non-hydrogen) atoms. The van der Waals surface area contributed by atoms with E-state index in [-0.39, 0.29) is 24.2 Å². The molecule has 3 heterocycles. The number of nitrogens with one attached hydrogen (secondary N) is 1. The van der Waals surface area contributed by atoms with Crippen molar-refractivity contribution in [2.24, 2.45) is 0 Å². The van der Waals surface area contributed by atoms with Crippen LogP contribution in [0.5, 0.6) is 5.75 Å². The molecule has 1 unspecified atom stereocenters. The topological polar surface area (TPSA) is 95.3 Å². The van der Waals surface area contributed by atoms with Gasteiger partial charge >= 0.3 is 0 Å². The van der Waals surface area contributed by atoms with Crippen LogP contribution in [0.25, 0.3) is 0 Å². The van der Waals surface area contributed by atoms with E-state index in [0.717, 1.165) is 27.3 Å². The number of methoxy groups -OCH3 is 1. The van der Waals surface area contributed by atoms with Crippen molar-refractivity contribution < 1.29 is 14.3 Å².